The summed E-state index contributed by atoms with van der Waals surface area (Å²) in [5.41, 5.74) is 2.46. The van der Waals surface area contributed by atoms with E-state index in [1.807, 2.05) is 24.1 Å². The molecule has 4 nitrogen and oxygen atoms in total. The van der Waals surface area contributed by atoms with Gasteiger partial charge in [0.15, 0.2) is 0 Å². The first-order chi connectivity index (χ1) is 8.72. The van der Waals surface area contributed by atoms with Crippen LogP contribution >= 0.6 is 0 Å². The topological polar surface area (TPSA) is 43.0 Å². The summed E-state index contributed by atoms with van der Waals surface area (Å²) in [4.78, 5) is 0. The van der Waals surface area contributed by atoms with Crippen molar-refractivity contribution in [3.05, 3.63) is 41.6 Å². The van der Waals surface area contributed by atoms with Gasteiger partial charge in [-0.2, -0.15) is 5.10 Å². The van der Waals surface area contributed by atoms with Gasteiger partial charge in [0.2, 0.25) is 0 Å². The second-order valence-corrected chi connectivity index (χ2v) is 4.51. The van der Waals surface area contributed by atoms with E-state index in [2.05, 4.69) is 36.5 Å². The number of hydrogen-bond donors (Lipinski definition) is 1. The first kappa shape index (κ1) is 12.9. The Morgan fingerprint density at radius 1 is 1.44 bits per heavy atom. The number of nitrogens with one attached hydrogen (secondary N) is 1. The van der Waals surface area contributed by atoms with E-state index >= 15 is 0 Å². The first-order valence-electron chi connectivity index (χ1n) is 6.52. The Hall–Kier alpha value is -1.55. The number of aromatic nitrogens is 2. The van der Waals surface area contributed by atoms with Crippen molar-refractivity contribution in [3.63, 3.8) is 0 Å². The monoisotopic (exact) mass is 247 g/mol. The maximum Gasteiger partial charge on any atom is 0.101 e. The summed E-state index contributed by atoms with van der Waals surface area (Å²) in [5.74, 6) is 0.956. The lowest BCUT2D eigenvalue weighted by Crippen LogP contribution is -2.22. The highest BCUT2D eigenvalue weighted by atomic mass is 16.3. The van der Waals surface area contributed by atoms with Gasteiger partial charge in [0, 0.05) is 24.3 Å². The minimum Gasteiger partial charge on any atom is -0.469 e. The molecule has 0 fully saturated rings. The van der Waals surface area contributed by atoms with Crippen molar-refractivity contribution < 1.29 is 4.42 Å². The molecule has 1 N–H and O–H groups in total. The zero-order chi connectivity index (χ0) is 13.0. The third kappa shape index (κ3) is 3.01. The van der Waals surface area contributed by atoms with Crippen LogP contribution in [-0.4, -0.2) is 16.3 Å². The highest BCUT2D eigenvalue weighted by Crippen LogP contribution is 2.20. The minimum atomic E-state index is 0.293. The number of hydrogen-bond acceptors (Lipinski definition) is 3. The molecule has 2 rings (SSSR count). The molecule has 0 aromatic carbocycles. The van der Waals surface area contributed by atoms with Crippen LogP contribution in [0.4, 0.5) is 0 Å². The van der Waals surface area contributed by atoms with Crippen molar-refractivity contribution >= 4 is 0 Å². The van der Waals surface area contributed by atoms with Gasteiger partial charge in [-0.1, -0.05) is 6.92 Å². The molecule has 1 unspecified atom stereocenters. The van der Waals surface area contributed by atoms with E-state index in [9.17, 15) is 0 Å². The summed E-state index contributed by atoms with van der Waals surface area (Å²) in [6.07, 6.45) is 6.83. The van der Waals surface area contributed by atoms with Crippen molar-refractivity contribution in [1.82, 2.24) is 15.1 Å². The summed E-state index contributed by atoms with van der Waals surface area (Å²) in [6.45, 7) is 8.04. The standard InChI is InChI=1S/C14H21N3O/c1-4-15-14(13-6-11(3)18-10-13)7-12-8-16-17(5-2)9-12/h6,8-10,14-15H,4-5,7H2,1-3H3. The minimum absolute atomic E-state index is 0.293. The lowest BCUT2D eigenvalue weighted by molar-refractivity contribution is 0.511. The first-order valence-corrected chi connectivity index (χ1v) is 6.52. The smallest absolute Gasteiger partial charge is 0.101 e. The molecule has 0 radical (unpaired) electrons. The van der Waals surface area contributed by atoms with E-state index in [-0.39, 0.29) is 0 Å². The van der Waals surface area contributed by atoms with Gasteiger partial charge in [-0.25, -0.2) is 0 Å². The molecule has 2 aromatic rings. The summed E-state index contributed by atoms with van der Waals surface area (Å²) in [7, 11) is 0. The number of rotatable bonds is 6. The van der Waals surface area contributed by atoms with E-state index in [1.54, 1.807) is 0 Å². The van der Waals surface area contributed by atoms with Crippen molar-refractivity contribution in [2.24, 2.45) is 0 Å². The van der Waals surface area contributed by atoms with E-state index in [4.69, 9.17) is 4.42 Å². The van der Waals surface area contributed by atoms with Gasteiger partial charge < -0.3 is 9.73 Å². The number of likely N-dealkylation sites (N-methyl/N-ethyl adjacent to an activating group) is 1. The predicted molar refractivity (Wildman–Crippen MR) is 71.5 cm³/mol. The highest BCUT2D eigenvalue weighted by molar-refractivity contribution is 5.20. The largest absolute Gasteiger partial charge is 0.469 e. The molecule has 98 valence electrons. The molecule has 18 heavy (non-hydrogen) atoms. The van der Waals surface area contributed by atoms with Crippen LogP contribution in [0.3, 0.4) is 0 Å². The molecule has 0 aliphatic rings. The van der Waals surface area contributed by atoms with Crippen LogP contribution in [0.15, 0.2) is 29.1 Å². The molecule has 0 bridgehead atoms. The van der Waals surface area contributed by atoms with Crippen LogP contribution < -0.4 is 5.32 Å². The second kappa shape index (κ2) is 5.87. The molecule has 2 aromatic heterocycles. The number of furan rings is 1. The molecule has 0 amide bonds. The molecule has 0 saturated heterocycles. The number of nitrogens with zero attached hydrogens (tertiary/aromatic N) is 2. The average molecular weight is 247 g/mol. The van der Waals surface area contributed by atoms with Crippen LogP contribution in [0.2, 0.25) is 0 Å². The maximum absolute atomic E-state index is 5.40. The average Bonchev–Trinajstić information content (AvgIpc) is 2.97. The number of aryl methyl sites for hydroxylation is 2. The van der Waals surface area contributed by atoms with Gasteiger partial charge in [0.1, 0.15) is 5.76 Å². The lowest BCUT2D eigenvalue weighted by Gasteiger charge is -2.15. The lowest BCUT2D eigenvalue weighted by atomic mass is 10.0. The van der Waals surface area contributed by atoms with Crippen molar-refractivity contribution in [3.8, 4) is 0 Å². The quantitative estimate of drug-likeness (QED) is 0.853. The molecule has 4 heteroatoms. The Morgan fingerprint density at radius 3 is 2.83 bits per heavy atom. The van der Waals surface area contributed by atoms with Crippen LogP contribution in [-0.2, 0) is 13.0 Å². The van der Waals surface area contributed by atoms with Gasteiger partial charge in [-0.3, -0.25) is 4.68 Å². The van der Waals surface area contributed by atoms with Gasteiger partial charge in [-0.15, -0.1) is 0 Å². The third-order valence-electron chi connectivity index (χ3n) is 3.05. The van der Waals surface area contributed by atoms with E-state index in [0.29, 0.717) is 6.04 Å². The van der Waals surface area contributed by atoms with Gasteiger partial charge in [0.05, 0.1) is 12.5 Å². The fraction of sp³-hybridized carbons (Fsp3) is 0.500. The summed E-state index contributed by atoms with van der Waals surface area (Å²) in [6, 6.07) is 2.39. The SMILES string of the molecule is CCNC(Cc1cnn(CC)c1)c1coc(C)c1. The molecular weight excluding hydrogens is 226 g/mol. The van der Waals surface area contributed by atoms with Crippen molar-refractivity contribution in [1.29, 1.82) is 0 Å². The molecule has 0 saturated carbocycles. The zero-order valence-corrected chi connectivity index (χ0v) is 11.3. The summed E-state index contributed by atoms with van der Waals surface area (Å²) >= 11 is 0. The predicted octanol–water partition coefficient (Wildman–Crippen LogP) is 2.70. The molecule has 0 aliphatic carbocycles. The molecule has 0 aliphatic heterocycles. The molecule has 0 spiro atoms. The molecule has 2 heterocycles. The van der Waals surface area contributed by atoms with E-state index < -0.39 is 0 Å². The van der Waals surface area contributed by atoms with Crippen LogP contribution in [0.25, 0.3) is 0 Å². The van der Waals surface area contributed by atoms with Crippen LogP contribution in [0.1, 0.15) is 36.8 Å². The fourth-order valence-corrected chi connectivity index (χ4v) is 2.12. The summed E-state index contributed by atoms with van der Waals surface area (Å²) in [5, 5.41) is 7.80. The Labute approximate surface area is 108 Å². The van der Waals surface area contributed by atoms with Crippen LogP contribution in [0, 0.1) is 6.92 Å². The van der Waals surface area contributed by atoms with Crippen molar-refractivity contribution in [2.45, 2.75) is 39.8 Å². The Kier molecular flexibility index (Phi) is 4.20. The Morgan fingerprint density at radius 2 is 2.28 bits per heavy atom. The normalized spacial score (nSPS) is 12.8. The van der Waals surface area contributed by atoms with Gasteiger partial charge >= 0.3 is 0 Å². The van der Waals surface area contributed by atoms with Crippen LogP contribution in [0.5, 0.6) is 0 Å². The van der Waals surface area contributed by atoms with E-state index in [1.165, 1.54) is 11.1 Å². The summed E-state index contributed by atoms with van der Waals surface area (Å²) < 4.78 is 7.35. The Bertz CT molecular complexity index is 487. The molecular formula is C14H21N3O. The van der Waals surface area contributed by atoms with Gasteiger partial charge in [0.25, 0.3) is 0 Å². The van der Waals surface area contributed by atoms with E-state index in [0.717, 1.165) is 25.3 Å². The zero-order valence-electron chi connectivity index (χ0n) is 11.3. The highest BCUT2D eigenvalue weighted by Gasteiger charge is 2.14. The fourth-order valence-electron chi connectivity index (χ4n) is 2.12. The third-order valence-corrected chi connectivity index (χ3v) is 3.05. The van der Waals surface area contributed by atoms with Gasteiger partial charge in [-0.05, 0) is 38.4 Å². The maximum atomic E-state index is 5.40. The molecule has 1 atom stereocenters. The Balaban J connectivity index is 2.10. The second-order valence-electron chi connectivity index (χ2n) is 4.51. The van der Waals surface area contributed by atoms with Crippen molar-refractivity contribution in [2.75, 3.05) is 6.54 Å².